The summed E-state index contributed by atoms with van der Waals surface area (Å²) in [5.41, 5.74) is 5.78. The van der Waals surface area contributed by atoms with Crippen molar-refractivity contribution in [1.82, 2.24) is 15.5 Å². The maximum atomic E-state index is 13.9. The van der Waals surface area contributed by atoms with Crippen LogP contribution >= 0.6 is 0 Å². The number of fused-ring (bicyclic) bond motifs is 2. The molecule has 2 aliphatic heterocycles. The van der Waals surface area contributed by atoms with E-state index in [0.29, 0.717) is 5.69 Å². The van der Waals surface area contributed by atoms with Gasteiger partial charge < -0.3 is 26.6 Å². The first-order valence-corrected chi connectivity index (χ1v) is 13.5. The molecular weight excluding hydrogens is 555 g/mol. The van der Waals surface area contributed by atoms with Gasteiger partial charge in [0.05, 0.1) is 6.04 Å². The molecule has 0 bridgehead atoms. The Bertz CT molecular complexity index is 1400. The number of hydrogen-bond acceptors (Lipinski definition) is 7. The van der Waals surface area contributed by atoms with Gasteiger partial charge in [0, 0.05) is 18.2 Å². The lowest BCUT2D eigenvalue weighted by molar-refractivity contribution is -0.176. The van der Waals surface area contributed by atoms with Crippen LogP contribution in [0.3, 0.4) is 0 Å². The molecule has 1 aromatic rings. The average molecular weight is 590 g/mol. The molecule has 10 nitrogen and oxygen atoms in total. The summed E-state index contributed by atoms with van der Waals surface area (Å²) < 4.78 is 39.3. The van der Waals surface area contributed by atoms with E-state index < -0.39 is 53.4 Å². The summed E-state index contributed by atoms with van der Waals surface area (Å²) >= 11 is 0. The molecular formula is C29H34F3N5O5. The Morgan fingerprint density at radius 2 is 1.79 bits per heavy atom. The maximum absolute atomic E-state index is 13.9. The van der Waals surface area contributed by atoms with E-state index in [2.05, 4.69) is 10.6 Å². The van der Waals surface area contributed by atoms with Crippen molar-refractivity contribution in [3.8, 4) is 0 Å². The van der Waals surface area contributed by atoms with Crippen LogP contribution in [0.1, 0.15) is 52.5 Å². The van der Waals surface area contributed by atoms with Gasteiger partial charge in [0.2, 0.25) is 11.8 Å². The maximum Gasteiger partial charge on any atom is 0.471 e. The summed E-state index contributed by atoms with van der Waals surface area (Å²) in [4.78, 5) is 63.9. The monoisotopic (exact) mass is 589 g/mol. The summed E-state index contributed by atoms with van der Waals surface area (Å²) in [5.74, 6) is -1.27. The van der Waals surface area contributed by atoms with Gasteiger partial charge in [-0.15, -0.1) is 0 Å². The van der Waals surface area contributed by atoms with Gasteiger partial charge in [-0.25, -0.2) is 9.59 Å². The molecule has 1 unspecified atom stereocenters. The number of nitrogens with zero attached hydrogens (tertiary/aromatic N) is 1. The molecule has 226 valence electrons. The Morgan fingerprint density at radius 1 is 1.14 bits per heavy atom. The summed E-state index contributed by atoms with van der Waals surface area (Å²) in [6, 6.07) is 3.35. The van der Waals surface area contributed by atoms with Crippen molar-refractivity contribution in [1.29, 1.82) is 0 Å². The number of halogens is 3. The molecule has 13 heteroatoms. The number of para-hydroxylation sites is 1. The van der Waals surface area contributed by atoms with Gasteiger partial charge in [-0.05, 0) is 40.7 Å². The number of amides is 3. The largest absolute Gasteiger partial charge is 0.471 e. The number of nitrogens with one attached hydrogen (secondary N) is 3. The normalized spacial score (nSPS) is 25.1. The van der Waals surface area contributed by atoms with Gasteiger partial charge in [-0.1, -0.05) is 52.8 Å². The first-order chi connectivity index (χ1) is 19.4. The second kappa shape index (κ2) is 10.6. The number of carbonyl (C=O) groups is 3. The molecule has 0 aromatic heterocycles. The molecule has 3 aliphatic rings. The van der Waals surface area contributed by atoms with Crippen molar-refractivity contribution >= 4 is 35.3 Å². The van der Waals surface area contributed by atoms with Crippen LogP contribution in [0.25, 0.3) is 0 Å². The lowest BCUT2D eigenvalue weighted by Gasteiger charge is -2.38. The third kappa shape index (κ3) is 5.54. The number of likely N-dealkylation sites (tertiary alicyclic amines) is 1. The highest BCUT2D eigenvalue weighted by atomic mass is 19.4. The van der Waals surface area contributed by atoms with Gasteiger partial charge in [-0.2, -0.15) is 13.2 Å². The van der Waals surface area contributed by atoms with Crippen molar-refractivity contribution in [3.05, 3.63) is 41.2 Å². The molecule has 5 N–H and O–H groups in total. The minimum atomic E-state index is -5.20. The topological polar surface area (TPSA) is 151 Å². The van der Waals surface area contributed by atoms with Gasteiger partial charge in [-0.3, -0.25) is 14.4 Å². The molecule has 1 aromatic carbocycles. The lowest BCUT2D eigenvalue weighted by atomic mass is 9.85. The summed E-state index contributed by atoms with van der Waals surface area (Å²) in [6.07, 6.45) is -5.20. The summed E-state index contributed by atoms with van der Waals surface area (Å²) in [6.45, 7) is 8.50. The Kier molecular flexibility index (Phi) is 7.82. The smallest absolute Gasteiger partial charge is 0.391 e. The first kappa shape index (κ1) is 30.9. The minimum absolute atomic E-state index is 0.00576. The Morgan fingerprint density at radius 3 is 2.36 bits per heavy atom. The van der Waals surface area contributed by atoms with E-state index in [9.17, 15) is 37.1 Å². The van der Waals surface area contributed by atoms with Gasteiger partial charge in [0.1, 0.15) is 35.4 Å². The second-order valence-corrected chi connectivity index (χ2v) is 12.8. The van der Waals surface area contributed by atoms with Crippen LogP contribution < -0.4 is 21.7 Å². The standard InChI is InChI=1S/C29H34F3N5O5/c1-27(2,3)23(36-26(42)29(30,31)32)25(41)37-11-16-21(28(16,4)5)22(37)24(40)35-19(17(33)12-38)10-15-14-8-6-7-9-18(14)34-20(15)13-39/h6-9,15-16,19,21-23,34H,10-11,33H2,1-5H3,(H,35,40)(H,36,42)/t15?,16-,19-,21-,22-,23+/m0/s1. The van der Waals surface area contributed by atoms with E-state index >= 15 is 0 Å². The van der Waals surface area contributed by atoms with Crippen molar-refractivity contribution in [2.24, 2.45) is 28.4 Å². The van der Waals surface area contributed by atoms with Crippen LogP contribution in [0.5, 0.6) is 0 Å². The summed E-state index contributed by atoms with van der Waals surface area (Å²) in [5, 5.41) is 7.52. The molecule has 0 spiro atoms. The van der Waals surface area contributed by atoms with Crippen LogP contribution in [0.2, 0.25) is 0 Å². The summed E-state index contributed by atoms with van der Waals surface area (Å²) in [7, 11) is 0. The van der Waals surface area contributed by atoms with Crippen LogP contribution in [0.4, 0.5) is 18.9 Å². The van der Waals surface area contributed by atoms with E-state index in [1.165, 1.54) is 25.7 Å². The van der Waals surface area contributed by atoms with Crippen molar-refractivity contribution in [2.45, 2.75) is 71.3 Å². The Balaban J connectivity index is 1.62. The van der Waals surface area contributed by atoms with E-state index in [-0.39, 0.29) is 41.6 Å². The van der Waals surface area contributed by atoms with Crippen molar-refractivity contribution in [2.75, 3.05) is 11.9 Å². The Labute approximate surface area is 240 Å². The minimum Gasteiger partial charge on any atom is -0.391 e. The third-order valence-electron chi connectivity index (χ3n) is 8.75. The molecule has 6 atom stereocenters. The van der Waals surface area contributed by atoms with E-state index in [1.807, 2.05) is 25.1 Å². The van der Waals surface area contributed by atoms with Crippen LogP contribution in [-0.2, 0) is 24.0 Å². The Hall–Kier alpha value is -4.08. The van der Waals surface area contributed by atoms with Crippen LogP contribution in [0, 0.1) is 22.7 Å². The molecule has 1 aliphatic carbocycles. The number of anilines is 1. The lowest BCUT2D eigenvalue weighted by Crippen LogP contribution is -2.61. The number of carbonyl (C=O) groups excluding carboxylic acids is 5. The molecule has 0 radical (unpaired) electrons. The highest BCUT2D eigenvalue weighted by Crippen LogP contribution is 2.65. The molecule has 3 amide bonds. The zero-order valence-electron chi connectivity index (χ0n) is 23.9. The zero-order valence-corrected chi connectivity index (χ0v) is 23.9. The molecule has 1 saturated carbocycles. The van der Waals surface area contributed by atoms with Gasteiger partial charge in [0.25, 0.3) is 0 Å². The van der Waals surface area contributed by atoms with E-state index in [0.717, 1.165) is 5.56 Å². The number of nitrogens with two attached hydrogens (primary N) is 1. The molecule has 2 fully saturated rings. The highest BCUT2D eigenvalue weighted by Gasteiger charge is 2.70. The number of alkyl halides is 3. The van der Waals surface area contributed by atoms with Crippen molar-refractivity contribution < 1.29 is 37.1 Å². The predicted molar refractivity (Wildman–Crippen MR) is 146 cm³/mol. The van der Waals surface area contributed by atoms with Gasteiger partial charge >= 0.3 is 12.1 Å². The quantitative estimate of drug-likeness (QED) is 0.356. The van der Waals surface area contributed by atoms with E-state index in [1.54, 1.807) is 30.2 Å². The van der Waals surface area contributed by atoms with Crippen LogP contribution in [0.15, 0.2) is 35.7 Å². The highest BCUT2D eigenvalue weighted by molar-refractivity contribution is 5.95. The first-order valence-electron chi connectivity index (χ1n) is 13.5. The predicted octanol–water partition coefficient (Wildman–Crippen LogP) is 2.04. The van der Waals surface area contributed by atoms with Crippen LogP contribution in [-0.4, -0.2) is 65.4 Å². The number of piperidine rings is 1. The number of allylic oxidation sites excluding steroid dienone is 1. The third-order valence-corrected chi connectivity index (χ3v) is 8.75. The molecule has 4 rings (SSSR count). The molecule has 1 saturated heterocycles. The number of benzene rings is 1. The van der Waals surface area contributed by atoms with Crippen molar-refractivity contribution in [3.63, 3.8) is 0 Å². The second-order valence-electron chi connectivity index (χ2n) is 12.8. The number of rotatable bonds is 7. The number of hydrogen-bond donors (Lipinski definition) is 4. The molecule has 42 heavy (non-hydrogen) atoms. The fourth-order valence-corrected chi connectivity index (χ4v) is 6.31. The van der Waals surface area contributed by atoms with E-state index in [4.69, 9.17) is 5.73 Å². The average Bonchev–Trinajstić information content (AvgIpc) is 3.23. The zero-order chi connectivity index (χ0) is 31.4. The fraction of sp³-hybridized carbons (Fsp3) is 0.552. The van der Waals surface area contributed by atoms with Gasteiger partial charge in [0.15, 0.2) is 0 Å². The fourth-order valence-electron chi connectivity index (χ4n) is 6.31. The SMILES string of the molecule is CC(C)(C)[C@H](NC(=O)C(F)(F)F)C(=O)N1C[C@H]2[C@@H]([C@H]1C(=O)N[C@@H](CC1C(=C=O)Nc3ccccc31)C(N)=C=O)C2(C)C. The molecule has 2 heterocycles.